The average Bonchev–Trinajstić information content (AvgIpc) is 1.61. The lowest BCUT2D eigenvalue weighted by molar-refractivity contribution is 0.0905. The maximum Gasteiger partial charge on any atom is 0.254 e. The molecule has 4 aliphatic rings. The number of sulfone groups is 2. The van der Waals surface area contributed by atoms with E-state index in [1.807, 2.05) is 113 Å². The summed E-state index contributed by atoms with van der Waals surface area (Å²) in [6.07, 6.45) is 13.7. The van der Waals surface area contributed by atoms with Crippen molar-refractivity contribution in [3.05, 3.63) is 234 Å². The number of amides is 3. The lowest BCUT2D eigenvalue weighted by Gasteiger charge is -2.29. The number of likely N-dealkylation sites (tertiary alicyclic amines) is 3. The third-order valence-corrected chi connectivity index (χ3v) is 27.7. The van der Waals surface area contributed by atoms with E-state index in [4.69, 9.17) is 42.6 Å². The zero-order chi connectivity index (χ0) is 83.2. The first kappa shape index (κ1) is 87.1. The van der Waals surface area contributed by atoms with Gasteiger partial charge in [-0.05, 0) is 290 Å². The summed E-state index contributed by atoms with van der Waals surface area (Å²) in [5.41, 5.74) is 12.7. The van der Waals surface area contributed by atoms with E-state index < -0.39 is 40.9 Å². The topological polar surface area (TPSA) is 297 Å². The van der Waals surface area contributed by atoms with Crippen molar-refractivity contribution in [1.29, 1.82) is 0 Å². The molecular formula is C87H106Cl2FN15O9S2. The Morgan fingerprint density at radius 3 is 1.32 bits per heavy atom. The van der Waals surface area contributed by atoms with Crippen LogP contribution < -0.4 is 41.4 Å². The summed E-state index contributed by atoms with van der Waals surface area (Å²) in [6, 6.07) is 36.3. The van der Waals surface area contributed by atoms with Crippen LogP contribution in [0.2, 0.25) is 10.0 Å². The number of benzene rings is 6. The molecule has 0 radical (unpaired) electrons. The third-order valence-electron chi connectivity index (χ3n) is 21.7. The molecule has 116 heavy (non-hydrogen) atoms. The van der Waals surface area contributed by atoms with Gasteiger partial charge in [0.15, 0.2) is 19.7 Å². The SMILES string of the molecule is COc1cc(Cc2nc(Nc3ccc(C(=O)NC4CCN(C)CC4)cc3)ncc2C)cc(OC)c1Cl.Cc1cnc(Nc2ccc(C(=O)NC3CCN(C)CC3)c(F)c2)nc1Cc1ccc(Cl)c(CS(=O)(=O)C2(C)CC2)c1.Cc1cnc(Nc2ccc(C(=O)NC3CCN(C)CC3)cc2)nc1Cc1cccc(CS(=O)(=O)C(C)(C)C)c1. The molecule has 6 aromatic carbocycles. The fourth-order valence-electron chi connectivity index (χ4n) is 13.6. The number of anilines is 6. The fourth-order valence-corrected chi connectivity index (χ4v) is 16.9. The molecule has 616 valence electrons. The van der Waals surface area contributed by atoms with Gasteiger partial charge in [-0.25, -0.2) is 51.1 Å². The Morgan fingerprint density at radius 2 is 0.905 bits per heavy atom. The predicted molar refractivity (Wildman–Crippen MR) is 457 cm³/mol. The number of methoxy groups -OCH3 is 2. The van der Waals surface area contributed by atoms with Gasteiger partial charge in [0.25, 0.3) is 17.7 Å². The van der Waals surface area contributed by atoms with E-state index in [0.717, 1.165) is 145 Å². The largest absolute Gasteiger partial charge is 0.495 e. The number of halogens is 3. The molecule has 9 aromatic rings. The lowest BCUT2D eigenvalue weighted by atomic mass is 10.0. The first-order valence-electron chi connectivity index (χ1n) is 39.1. The molecule has 6 heterocycles. The molecule has 4 fully saturated rings. The van der Waals surface area contributed by atoms with E-state index in [9.17, 15) is 35.6 Å². The maximum absolute atomic E-state index is 14.9. The molecule has 3 aromatic heterocycles. The van der Waals surface area contributed by atoms with Crippen molar-refractivity contribution in [2.45, 2.75) is 158 Å². The number of hydrogen-bond acceptors (Lipinski definition) is 21. The second-order valence-electron chi connectivity index (χ2n) is 32.0. The van der Waals surface area contributed by atoms with Gasteiger partial charge in [-0.3, -0.25) is 14.4 Å². The molecule has 3 aliphatic heterocycles. The van der Waals surface area contributed by atoms with Crippen molar-refractivity contribution in [1.82, 2.24) is 60.6 Å². The number of aryl methyl sites for hydroxylation is 3. The summed E-state index contributed by atoms with van der Waals surface area (Å²) in [6.45, 7) is 18.6. The minimum absolute atomic E-state index is 0.00349. The molecule has 13 rings (SSSR count). The Bertz CT molecular complexity index is 5180. The number of carbonyl (C=O) groups is 3. The van der Waals surface area contributed by atoms with Crippen molar-refractivity contribution >= 4 is 95.5 Å². The monoisotopic (exact) mass is 1660 g/mol. The first-order valence-corrected chi connectivity index (χ1v) is 43.2. The van der Waals surface area contributed by atoms with E-state index in [0.29, 0.717) is 87.9 Å². The molecule has 0 atom stereocenters. The molecule has 3 amide bonds. The van der Waals surface area contributed by atoms with Crippen LogP contribution in [-0.2, 0) is 50.4 Å². The Morgan fingerprint density at radius 1 is 0.509 bits per heavy atom. The molecule has 3 saturated heterocycles. The second kappa shape index (κ2) is 38.6. The highest BCUT2D eigenvalue weighted by atomic mass is 35.5. The summed E-state index contributed by atoms with van der Waals surface area (Å²) >= 11 is 12.7. The van der Waals surface area contributed by atoms with Crippen molar-refractivity contribution in [2.24, 2.45) is 0 Å². The van der Waals surface area contributed by atoms with Crippen LogP contribution in [0, 0.1) is 26.6 Å². The van der Waals surface area contributed by atoms with Crippen molar-refractivity contribution in [3.63, 3.8) is 0 Å². The molecule has 0 bridgehead atoms. The van der Waals surface area contributed by atoms with Gasteiger partial charge >= 0.3 is 0 Å². The van der Waals surface area contributed by atoms with Gasteiger partial charge in [-0.2, -0.15) is 0 Å². The van der Waals surface area contributed by atoms with Crippen LogP contribution in [0.15, 0.2) is 140 Å². The minimum atomic E-state index is -3.30. The molecule has 29 heteroatoms. The molecule has 1 aliphatic carbocycles. The Balaban J connectivity index is 0.000000171. The third kappa shape index (κ3) is 23.8. The quantitative estimate of drug-likeness (QED) is 0.0310. The standard InChI is InChI=1S/C30H35ClFN5O3S.C30H39N5O3S.C27H32ClN5O3/c1-19-17-33-29(35-23-5-6-24(26(32)16-23)28(38)34-22-8-12-37(3)13-9-22)36-27(19)15-20-4-7-25(31)21(14-20)18-41(39,40)30(2)10-11-30;1-21-19-31-29(33-25-11-9-24(10-12-25)28(36)32-26-13-15-35(5)16-14-26)34-27(21)18-22-7-6-8-23(17-22)20-39(37,38)30(2,3)4;1-17-16-29-27(32-22(17)13-18-14-23(35-3)25(28)24(15-18)36-4)31-20-7-5-19(6-8-20)26(34)30-21-9-11-33(2)12-10-21/h4-7,14,16-17,22H,8-13,15,18H2,1-3H3,(H,34,38)(H,33,35,36);6-12,17,19,26H,13-16,18,20H2,1-5H3,(H,32,36)(H,31,33,34);5-8,14-16,21H,9-13H2,1-4H3,(H,30,34)(H,29,31,32). The summed E-state index contributed by atoms with van der Waals surface area (Å²) in [4.78, 5) is 72.0. The zero-order valence-electron chi connectivity index (χ0n) is 68.1. The number of ether oxygens (including phenoxy) is 2. The van der Waals surface area contributed by atoms with Gasteiger partial charge in [0.05, 0.1) is 57.9 Å². The number of nitrogens with one attached hydrogen (secondary N) is 6. The van der Waals surface area contributed by atoms with Crippen LogP contribution in [0.4, 0.5) is 39.3 Å². The van der Waals surface area contributed by atoms with Crippen LogP contribution in [0.25, 0.3) is 0 Å². The Hall–Kier alpha value is -9.74. The zero-order valence-corrected chi connectivity index (χ0v) is 71.2. The van der Waals surface area contributed by atoms with Gasteiger partial charge in [-0.1, -0.05) is 59.6 Å². The molecular weight excluding hydrogens is 1550 g/mol. The molecule has 0 spiro atoms. The molecule has 24 nitrogen and oxygen atoms in total. The minimum Gasteiger partial charge on any atom is -0.495 e. The van der Waals surface area contributed by atoms with Gasteiger partial charge < -0.3 is 56.1 Å². The summed E-state index contributed by atoms with van der Waals surface area (Å²) < 4.78 is 75.2. The number of piperidine rings is 3. The Kier molecular flexibility index (Phi) is 29.0. The first-order chi connectivity index (χ1) is 55.2. The van der Waals surface area contributed by atoms with Gasteiger partial charge in [0, 0.05) is 89.2 Å². The van der Waals surface area contributed by atoms with Crippen LogP contribution in [0.1, 0.15) is 172 Å². The molecule has 1 saturated carbocycles. The normalized spacial score (nSPS) is 15.7. The van der Waals surface area contributed by atoms with Crippen molar-refractivity contribution in [3.8, 4) is 11.5 Å². The van der Waals surface area contributed by atoms with Crippen LogP contribution in [0.5, 0.6) is 11.5 Å². The lowest BCUT2D eigenvalue weighted by Crippen LogP contribution is -2.43. The maximum atomic E-state index is 14.9. The second-order valence-corrected chi connectivity index (χ2v) is 38.0. The highest BCUT2D eigenvalue weighted by Crippen LogP contribution is 2.45. The molecule has 0 unspecified atom stereocenters. The van der Waals surface area contributed by atoms with E-state index in [1.54, 1.807) is 84.8 Å². The van der Waals surface area contributed by atoms with E-state index in [-0.39, 0.29) is 53.0 Å². The summed E-state index contributed by atoms with van der Waals surface area (Å²) in [7, 11) is 2.83. The highest BCUT2D eigenvalue weighted by Gasteiger charge is 2.49. The van der Waals surface area contributed by atoms with Gasteiger partial charge in [0.2, 0.25) is 17.8 Å². The number of aromatic nitrogens is 6. The van der Waals surface area contributed by atoms with Crippen molar-refractivity contribution in [2.75, 3.05) is 90.6 Å². The number of nitrogens with zero attached hydrogens (tertiary/aromatic N) is 9. The average molecular weight is 1660 g/mol. The van der Waals surface area contributed by atoms with E-state index >= 15 is 0 Å². The summed E-state index contributed by atoms with van der Waals surface area (Å²) in [5, 5.41) is 19.6. The van der Waals surface area contributed by atoms with Crippen molar-refractivity contribution < 1.29 is 45.1 Å². The van der Waals surface area contributed by atoms with Crippen LogP contribution in [0.3, 0.4) is 0 Å². The fraction of sp³-hybridized carbons (Fsp3) is 0.414. The predicted octanol–water partition coefficient (Wildman–Crippen LogP) is 14.5. The van der Waals surface area contributed by atoms with Gasteiger partial charge in [-0.15, -0.1) is 0 Å². The number of rotatable bonds is 25. The molecule has 6 N–H and O–H groups in total. The smallest absolute Gasteiger partial charge is 0.254 e. The van der Waals surface area contributed by atoms with Crippen LogP contribution in [-0.4, -0.2) is 181 Å². The number of carbonyl (C=O) groups excluding carboxylic acids is 3. The highest BCUT2D eigenvalue weighted by molar-refractivity contribution is 7.92. The summed E-state index contributed by atoms with van der Waals surface area (Å²) in [5.74, 6) is 1.10. The van der Waals surface area contributed by atoms with Gasteiger partial charge in [0.1, 0.15) is 22.3 Å². The Labute approximate surface area is 691 Å². The van der Waals surface area contributed by atoms with Crippen LogP contribution >= 0.6 is 23.2 Å². The van der Waals surface area contributed by atoms with E-state index in [2.05, 4.69) is 80.6 Å². The number of hydrogen-bond donors (Lipinski definition) is 6. The van der Waals surface area contributed by atoms with E-state index in [1.165, 1.54) is 12.1 Å².